The number of carboxylic acids is 1. The van der Waals surface area contributed by atoms with Crippen molar-refractivity contribution in [3.8, 4) is 22.8 Å². The summed E-state index contributed by atoms with van der Waals surface area (Å²) in [7, 11) is 0. The van der Waals surface area contributed by atoms with Gasteiger partial charge in [-0.1, -0.05) is 55.4 Å². The molecule has 0 aliphatic heterocycles. The molecule has 7 heteroatoms. The maximum atomic E-state index is 10.9. The maximum Gasteiger partial charge on any atom is 0.306 e. The van der Waals surface area contributed by atoms with Crippen molar-refractivity contribution in [1.29, 1.82) is 0 Å². The van der Waals surface area contributed by atoms with Crippen LogP contribution in [0, 0.1) is 11.8 Å². The van der Waals surface area contributed by atoms with Gasteiger partial charge in [-0.3, -0.25) is 4.79 Å². The van der Waals surface area contributed by atoms with Crippen LogP contribution in [0.2, 0.25) is 0 Å². The highest BCUT2D eigenvalue weighted by Crippen LogP contribution is 2.28. The van der Waals surface area contributed by atoms with Gasteiger partial charge in [-0.15, -0.1) is 12.4 Å². The molecule has 4 rings (SSSR count). The summed E-state index contributed by atoms with van der Waals surface area (Å²) in [5.74, 6) is 0.830. The second-order valence-corrected chi connectivity index (χ2v) is 8.50. The fraction of sp³-hybridized carbons (Fsp3) is 0.375. The van der Waals surface area contributed by atoms with Gasteiger partial charge in [0.05, 0.1) is 5.92 Å². The minimum atomic E-state index is -0.692. The highest BCUT2D eigenvalue weighted by Gasteiger charge is 2.33. The topological polar surface area (TPSA) is 88.2 Å². The number of nitrogens with one attached hydrogen (secondary N) is 1. The van der Waals surface area contributed by atoms with Crippen LogP contribution < -0.4 is 5.32 Å². The predicted octanol–water partition coefficient (Wildman–Crippen LogP) is 4.98. The summed E-state index contributed by atoms with van der Waals surface area (Å²) in [4.78, 5) is 15.4. The van der Waals surface area contributed by atoms with Crippen LogP contribution in [-0.2, 0) is 17.8 Å². The lowest BCUT2D eigenvalue weighted by Gasteiger charge is -2.33. The summed E-state index contributed by atoms with van der Waals surface area (Å²) < 4.78 is 5.47. The van der Waals surface area contributed by atoms with Crippen molar-refractivity contribution in [2.45, 2.75) is 45.7 Å². The molecule has 0 radical (unpaired) electrons. The van der Waals surface area contributed by atoms with E-state index < -0.39 is 5.97 Å². The highest BCUT2D eigenvalue weighted by atomic mass is 35.5. The van der Waals surface area contributed by atoms with Crippen LogP contribution in [0.4, 0.5) is 0 Å². The molecule has 0 saturated heterocycles. The Bertz CT molecular complexity index is 994. The zero-order chi connectivity index (χ0) is 21.1. The zero-order valence-electron chi connectivity index (χ0n) is 17.7. The summed E-state index contributed by atoms with van der Waals surface area (Å²) in [6, 6.07) is 16.6. The molecule has 0 spiro atoms. The first-order chi connectivity index (χ1) is 14.5. The molecule has 1 saturated carbocycles. The Morgan fingerprint density at radius 2 is 1.68 bits per heavy atom. The second-order valence-electron chi connectivity index (χ2n) is 8.50. The number of nitrogens with zero attached hydrogens (tertiary/aromatic N) is 2. The van der Waals surface area contributed by atoms with E-state index >= 15 is 0 Å². The van der Waals surface area contributed by atoms with Crippen LogP contribution in [0.5, 0.6) is 0 Å². The van der Waals surface area contributed by atoms with Crippen molar-refractivity contribution in [3.05, 3.63) is 59.7 Å². The van der Waals surface area contributed by atoms with Gasteiger partial charge < -0.3 is 14.9 Å². The molecular formula is C24H28ClN3O3. The van der Waals surface area contributed by atoms with Gasteiger partial charge in [-0.25, -0.2) is 0 Å². The number of aliphatic carboxylic acids is 1. The Morgan fingerprint density at radius 3 is 2.29 bits per heavy atom. The Morgan fingerprint density at radius 1 is 1.06 bits per heavy atom. The number of carbonyl (C=O) groups is 1. The molecule has 1 fully saturated rings. The van der Waals surface area contributed by atoms with Crippen LogP contribution in [-0.4, -0.2) is 27.3 Å². The largest absolute Gasteiger partial charge is 0.481 e. The Labute approximate surface area is 188 Å². The van der Waals surface area contributed by atoms with E-state index in [4.69, 9.17) is 9.63 Å². The number of hydrogen-bond donors (Lipinski definition) is 2. The summed E-state index contributed by atoms with van der Waals surface area (Å²) in [5, 5.41) is 16.5. The van der Waals surface area contributed by atoms with E-state index in [1.807, 2.05) is 36.4 Å². The smallest absolute Gasteiger partial charge is 0.306 e. The number of halogens is 1. The van der Waals surface area contributed by atoms with Gasteiger partial charge in [0.25, 0.3) is 5.89 Å². The molecule has 31 heavy (non-hydrogen) atoms. The van der Waals surface area contributed by atoms with Crippen molar-refractivity contribution < 1.29 is 14.4 Å². The standard InChI is InChI=1S/C24H27N3O3.ClH/c1-15(2)11-16-3-7-18(8-4-16)22-26-23(30-27-22)19-9-5-17(6-10-19)14-25-21-12-20(13-21)24(28)29;/h3-10,15,20-21,25H,11-14H2,1-2H3,(H,28,29);1H. The molecule has 0 unspecified atom stereocenters. The number of carboxylic acid groups (broad SMARTS) is 1. The SMILES string of the molecule is CC(C)Cc1ccc(-c2noc(-c3ccc(CNC4CC(C(=O)O)C4)cc3)n2)cc1.Cl. The van der Waals surface area contributed by atoms with E-state index in [-0.39, 0.29) is 24.4 Å². The van der Waals surface area contributed by atoms with Gasteiger partial charge in [0.1, 0.15) is 0 Å². The van der Waals surface area contributed by atoms with Crippen molar-refractivity contribution >= 4 is 18.4 Å². The lowest BCUT2D eigenvalue weighted by molar-refractivity contribution is -0.145. The molecule has 2 N–H and O–H groups in total. The average Bonchev–Trinajstić information content (AvgIpc) is 3.17. The molecule has 0 amide bonds. The molecule has 0 atom stereocenters. The first kappa shape index (κ1) is 23.0. The van der Waals surface area contributed by atoms with Crippen molar-refractivity contribution in [2.75, 3.05) is 0 Å². The van der Waals surface area contributed by atoms with Crippen LogP contribution in [0.3, 0.4) is 0 Å². The third kappa shape index (κ3) is 5.71. The number of aromatic nitrogens is 2. The Hall–Kier alpha value is -2.70. The average molecular weight is 442 g/mol. The van der Waals surface area contributed by atoms with Crippen LogP contribution >= 0.6 is 12.4 Å². The third-order valence-electron chi connectivity index (χ3n) is 5.57. The summed E-state index contributed by atoms with van der Waals surface area (Å²) in [6.45, 7) is 5.14. The minimum absolute atomic E-state index is 0. The fourth-order valence-electron chi connectivity index (χ4n) is 3.73. The maximum absolute atomic E-state index is 10.9. The van der Waals surface area contributed by atoms with Gasteiger partial charge >= 0.3 is 5.97 Å². The molecule has 1 aromatic heterocycles. The van der Waals surface area contributed by atoms with Crippen molar-refractivity contribution in [1.82, 2.24) is 15.5 Å². The van der Waals surface area contributed by atoms with E-state index in [0.29, 0.717) is 30.5 Å². The first-order valence-corrected chi connectivity index (χ1v) is 10.5. The normalized spacial score (nSPS) is 17.8. The van der Waals surface area contributed by atoms with E-state index in [1.54, 1.807) is 0 Å². The van der Waals surface area contributed by atoms with Gasteiger partial charge in [-0.05, 0) is 48.4 Å². The molecule has 1 aliphatic carbocycles. The Kier molecular flexibility index (Phi) is 7.46. The van der Waals surface area contributed by atoms with Gasteiger partial charge in [0, 0.05) is 23.7 Å². The molecular weight excluding hydrogens is 414 g/mol. The predicted molar refractivity (Wildman–Crippen MR) is 122 cm³/mol. The minimum Gasteiger partial charge on any atom is -0.481 e. The quantitative estimate of drug-likeness (QED) is 0.512. The monoisotopic (exact) mass is 441 g/mol. The molecule has 164 valence electrons. The lowest BCUT2D eigenvalue weighted by atomic mass is 9.80. The molecule has 0 bridgehead atoms. The van der Waals surface area contributed by atoms with E-state index in [9.17, 15) is 4.79 Å². The van der Waals surface area contributed by atoms with E-state index in [0.717, 1.165) is 29.7 Å². The van der Waals surface area contributed by atoms with Gasteiger partial charge in [0.15, 0.2) is 0 Å². The van der Waals surface area contributed by atoms with E-state index in [2.05, 4.69) is 41.4 Å². The molecule has 6 nitrogen and oxygen atoms in total. The zero-order valence-corrected chi connectivity index (χ0v) is 18.6. The van der Waals surface area contributed by atoms with Gasteiger partial charge in [-0.2, -0.15) is 4.98 Å². The number of hydrogen-bond acceptors (Lipinski definition) is 5. The fourth-order valence-corrected chi connectivity index (χ4v) is 3.73. The van der Waals surface area contributed by atoms with Crippen LogP contribution in [0.15, 0.2) is 53.1 Å². The highest BCUT2D eigenvalue weighted by molar-refractivity contribution is 5.85. The van der Waals surface area contributed by atoms with Crippen LogP contribution in [0.1, 0.15) is 37.8 Å². The van der Waals surface area contributed by atoms with Crippen molar-refractivity contribution in [3.63, 3.8) is 0 Å². The van der Waals surface area contributed by atoms with Gasteiger partial charge in [0.2, 0.25) is 5.82 Å². The molecule has 3 aromatic rings. The Balaban J connectivity index is 0.00000272. The lowest BCUT2D eigenvalue weighted by Crippen LogP contribution is -2.43. The first-order valence-electron chi connectivity index (χ1n) is 10.5. The summed E-state index contributed by atoms with van der Waals surface area (Å²) >= 11 is 0. The van der Waals surface area contributed by atoms with E-state index in [1.165, 1.54) is 5.56 Å². The molecule has 1 aliphatic rings. The number of rotatable bonds is 8. The summed E-state index contributed by atoms with van der Waals surface area (Å²) in [5.41, 5.74) is 4.27. The molecule has 2 aromatic carbocycles. The summed E-state index contributed by atoms with van der Waals surface area (Å²) in [6.07, 6.45) is 2.47. The number of benzene rings is 2. The van der Waals surface area contributed by atoms with Crippen molar-refractivity contribution in [2.24, 2.45) is 11.8 Å². The van der Waals surface area contributed by atoms with Crippen LogP contribution in [0.25, 0.3) is 22.8 Å². The third-order valence-corrected chi connectivity index (χ3v) is 5.57. The molecule has 1 heterocycles. The second kappa shape index (κ2) is 10.1.